The van der Waals surface area contributed by atoms with Crippen molar-refractivity contribution in [2.24, 2.45) is 11.8 Å². The highest BCUT2D eigenvalue weighted by molar-refractivity contribution is 9.10. The second-order valence-corrected chi connectivity index (χ2v) is 12.8. The molecule has 1 aliphatic carbocycles. The van der Waals surface area contributed by atoms with Gasteiger partial charge in [-0.05, 0) is 97.1 Å². The van der Waals surface area contributed by atoms with Gasteiger partial charge in [0.2, 0.25) is 11.8 Å². The molecule has 11 nitrogen and oxygen atoms in total. The van der Waals surface area contributed by atoms with Crippen LogP contribution in [0.25, 0.3) is 22.0 Å². The molecule has 228 valence electrons. The van der Waals surface area contributed by atoms with Crippen LogP contribution < -0.4 is 10.6 Å². The number of hydrogen-bond donors (Lipinski definition) is 2. The smallest absolute Gasteiger partial charge is 0.272 e. The third-order valence-corrected chi connectivity index (χ3v) is 9.14. The molecule has 6 rings (SSSR count). The Labute approximate surface area is 264 Å². The molecule has 3 aromatic heterocycles. The summed E-state index contributed by atoms with van der Waals surface area (Å²) in [5.74, 6) is 0.948. The standard InChI is InChI=1S/C32H35BrN8O3/c1-17-5-10-27(33)37-30(17)38-31(43)26-11-18(2)19(3)41(26)28(42)16-40-25-9-8-22(23-14-34-20(4)35-15-23)12-24(25)29(39-40)32(44)36-13-21-6-7-21/h5,8-10,12,14-15,18-19,21,26H,6-7,11,13,16H2,1-4H3,(H,36,44)(H,37,38,43)/t18-,19+,26-/m0/s1. The molecule has 1 aliphatic heterocycles. The van der Waals surface area contributed by atoms with Crippen molar-refractivity contribution >= 4 is 50.4 Å². The average molecular weight is 660 g/mol. The molecule has 2 fully saturated rings. The Hall–Kier alpha value is -4.19. The number of fused-ring (bicyclic) bond motifs is 1. The van der Waals surface area contributed by atoms with E-state index in [1.54, 1.807) is 22.0 Å². The number of carbonyl (C=O) groups excluding carboxylic acids is 3. The maximum absolute atomic E-state index is 14.0. The van der Waals surface area contributed by atoms with E-state index in [9.17, 15) is 14.4 Å². The van der Waals surface area contributed by atoms with Gasteiger partial charge >= 0.3 is 0 Å². The number of likely N-dealkylation sites (tertiary alicyclic amines) is 1. The Balaban J connectivity index is 1.30. The summed E-state index contributed by atoms with van der Waals surface area (Å²) in [6.07, 6.45) is 6.25. The lowest BCUT2D eigenvalue weighted by Crippen LogP contribution is -2.47. The van der Waals surface area contributed by atoms with Crippen molar-refractivity contribution < 1.29 is 14.4 Å². The molecule has 0 spiro atoms. The minimum absolute atomic E-state index is 0.115. The van der Waals surface area contributed by atoms with Crippen LogP contribution in [0.1, 0.15) is 55.0 Å². The Morgan fingerprint density at radius 3 is 2.50 bits per heavy atom. The van der Waals surface area contributed by atoms with Gasteiger partial charge in [-0.1, -0.05) is 19.1 Å². The lowest BCUT2D eigenvalue weighted by atomic mass is 10.0. The average Bonchev–Trinajstić information content (AvgIpc) is 3.70. The van der Waals surface area contributed by atoms with Gasteiger partial charge in [-0.15, -0.1) is 0 Å². The first-order chi connectivity index (χ1) is 21.1. The number of aromatic nitrogens is 5. The van der Waals surface area contributed by atoms with Crippen molar-refractivity contribution in [2.45, 2.75) is 65.6 Å². The van der Waals surface area contributed by atoms with Crippen LogP contribution in [0, 0.1) is 25.7 Å². The molecule has 0 bridgehead atoms. The van der Waals surface area contributed by atoms with Gasteiger partial charge in [-0.25, -0.2) is 15.0 Å². The van der Waals surface area contributed by atoms with Crippen LogP contribution in [0.4, 0.5) is 5.82 Å². The Bertz CT molecular complexity index is 1750. The molecule has 4 aromatic rings. The number of nitrogens with one attached hydrogen (secondary N) is 2. The Morgan fingerprint density at radius 1 is 1.02 bits per heavy atom. The molecule has 0 unspecified atom stereocenters. The number of aryl methyl sites for hydroxylation is 2. The highest BCUT2D eigenvalue weighted by Gasteiger charge is 2.43. The normalized spacial score (nSPS) is 19.8. The molecule has 0 radical (unpaired) electrons. The van der Waals surface area contributed by atoms with E-state index in [1.807, 2.05) is 58.0 Å². The van der Waals surface area contributed by atoms with Crippen LogP contribution >= 0.6 is 15.9 Å². The topological polar surface area (TPSA) is 135 Å². The van der Waals surface area contributed by atoms with Crippen LogP contribution in [0.2, 0.25) is 0 Å². The second-order valence-electron chi connectivity index (χ2n) is 12.0. The zero-order valence-electron chi connectivity index (χ0n) is 25.2. The summed E-state index contributed by atoms with van der Waals surface area (Å²) in [5.41, 5.74) is 3.40. The zero-order valence-corrected chi connectivity index (χ0v) is 26.8. The number of hydrogen-bond acceptors (Lipinski definition) is 7. The molecule has 12 heteroatoms. The first-order valence-corrected chi connectivity index (χ1v) is 15.7. The maximum atomic E-state index is 14.0. The van der Waals surface area contributed by atoms with Crippen LogP contribution in [0.5, 0.6) is 0 Å². The number of carbonyl (C=O) groups is 3. The molecule has 1 saturated carbocycles. The first-order valence-electron chi connectivity index (χ1n) is 14.9. The predicted molar refractivity (Wildman–Crippen MR) is 170 cm³/mol. The van der Waals surface area contributed by atoms with Gasteiger partial charge in [0.1, 0.15) is 28.8 Å². The van der Waals surface area contributed by atoms with Gasteiger partial charge in [-0.3, -0.25) is 19.1 Å². The maximum Gasteiger partial charge on any atom is 0.272 e. The van der Waals surface area contributed by atoms with Gasteiger partial charge < -0.3 is 15.5 Å². The number of nitrogens with zero attached hydrogens (tertiary/aromatic N) is 6. The summed E-state index contributed by atoms with van der Waals surface area (Å²) in [5, 5.41) is 11.2. The van der Waals surface area contributed by atoms with Crippen molar-refractivity contribution in [2.75, 3.05) is 11.9 Å². The minimum Gasteiger partial charge on any atom is -0.350 e. The highest BCUT2D eigenvalue weighted by atomic mass is 79.9. The summed E-state index contributed by atoms with van der Waals surface area (Å²) in [4.78, 5) is 55.5. The van der Waals surface area contributed by atoms with E-state index >= 15 is 0 Å². The SMILES string of the molecule is Cc1ncc(-c2ccc3c(c2)c(C(=O)NCC2CC2)nn3CC(=O)N2[C@H](C)[C@@H](C)C[C@H]2C(=O)Nc2nc(Br)ccc2C)cn1. The van der Waals surface area contributed by atoms with E-state index < -0.39 is 6.04 Å². The van der Waals surface area contributed by atoms with Gasteiger partial charge in [-0.2, -0.15) is 5.10 Å². The van der Waals surface area contributed by atoms with Gasteiger partial charge in [0.15, 0.2) is 5.69 Å². The van der Waals surface area contributed by atoms with Crippen LogP contribution in [0.15, 0.2) is 47.3 Å². The third-order valence-electron chi connectivity index (χ3n) is 8.70. The van der Waals surface area contributed by atoms with Crippen molar-refractivity contribution in [3.8, 4) is 11.1 Å². The molecule has 1 saturated heterocycles. The number of anilines is 1. The second kappa shape index (κ2) is 12.1. The van der Waals surface area contributed by atoms with E-state index in [0.29, 0.717) is 46.0 Å². The summed E-state index contributed by atoms with van der Waals surface area (Å²) in [7, 11) is 0. The molecule has 3 atom stereocenters. The third kappa shape index (κ3) is 6.08. The van der Waals surface area contributed by atoms with E-state index in [1.165, 1.54) is 0 Å². The number of amides is 3. The molecular formula is C32H35BrN8O3. The van der Waals surface area contributed by atoms with E-state index in [2.05, 4.69) is 46.6 Å². The van der Waals surface area contributed by atoms with Crippen molar-refractivity contribution in [1.29, 1.82) is 0 Å². The molecule has 2 aliphatic rings. The fourth-order valence-corrected chi connectivity index (χ4v) is 6.04. The zero-order chi connectivity index (χ0) is 31.1. The van der Waals surface area contributed by atoms with Crippen molar-refractivity contribution in [3.05, 3.63) is 64.4 Å². The largest absolute Gasteiger partial charge is 0.350 e. The monoisotopic (exact) mass is 658 g/mol. The lowest BCUT2D eigenvalue weighted by molar-refractivity contribution is -0.139. The molecule has 2 N–H and O–H groups in total. The van der Waals surface area contributed by atoms with Gasteiger partial charge in [0, 0.05) is 35.9 Å². The quantitative estimate of drug-likeness (QED) is 0.263. The molecule has 44 heavy (non-hydrogen) atoms. The summed E-state index contributed by atoms with van der Waals surface area (Å²) in [6, 6.07) is 8.53. The molecule has 4 heterocycles. The van der Waals surface area contributed by atoms with Crippen LogP contribution in [-0.4, -0.2) is 66.0 Å². The predicted octanol–water partition coefficient (Wildman–Crippen LogP) is 4.67. The fourth-order valence-electron chi connectivity index (χ4n) is 5.73. The van der Waals surface area contributed by atoms with E-state index in [0.717, 1.165) is 29.5 Å². The fraction of sp³-hybridized carbons (Fsp3) is 0.406. The first kappa shape index (κ1) is 29.9. The van der Waals surface area contributed by atoms with E-state index in [-0.39, 0.29) is 41.9 Å². The van der Waals surface area contributed by atoms with Crippen LogP contribution in [-0.2, 0) is 16.1 Å². The Kier molecular flexibility index (Phi) is 8.19. The summed E-state index contributed by atoms with van der Waals surface area (Å²) in [6.45, 7) is 8.19. The number of halogens is 1. The molecular weight excluding hydrogens is 624 g/mol. The van der Waals surface area contributed by atoms with Crippen LogP contribution in [0.3, 0.4) is 0 Å². The summed E-state index contributed by atoms with van der Waals surface area (Å²) < 4.78 is 2.18. The van der Waals surface area contributed by atoms with Crippen molar-refractivity contribution in [1.82, 2.24) is 34.9 Å². The van der Waals surface area contributed by atoms with Gasteiger partial charge in [0.05, 0.1) is 5.52 Å². The number of pyridine rings is 1. The summed E-state index contributed by atoms with van der Waals surface area (Å²) >= 11 is 3.36. The lowest BCUT2D eigenvalue weighted by Gasteiger charge is -2.28. The number of benzene rings is 1. The highest BCUT2D eigenvalue weighted by Crippen LogP contribution is 2.32. The Morgan fingerprint density at radius 2 is 1.77 bits per heavy atom. The van der Waals surface area contributed by atoms with Gasteiger partial charge in [0.25, 0.3) is 5.91 Å². The number of rotatable bonds is 8. The minimum atomic E-state index is -0.663. The molecule has 1 aromatic carbocycles. The van der Waals surface area contributed by atoms with Crippen molar-refractivity contribution in [3.63, 3.8) is 0 Å². The van der Waals surface area contributed by atoms with E-state index in [4.69, 9.17) is 0 Å². The molecule has 3 amide bonds.